The van der Waals surface area contributed by atoms with Crippen molar-refractivity contribution in [3.05, 3.63) is 174 Å². The van der Waals surface area contributed by atoms with Crippen molar-refractivity contribution in [1.29, 1.82) is 0 Å². The maximum absolute atomic E-state index is 6.90. The number of para-hydroxylation sites is 3. The molecule has 0 saturated carbocycles. The van der Waals surface area contributed by atoms with Crippen molar-refractivity contribution < 1.29 is 25.8 Å². The number of pyridine rings is 1. The number of nitrogens with zero attached hydrogens (tertiary/aromatic N) is 5. The fourth-order valence-electron chi connectivity index (χ4n) is 10.0. The predicted molar refractivity (Wildman–Crippen MR) is 279 cm³/mol. The molecule has 10 aromatic rings. The summed E-state index contributed by atoms with van der Waals surface area (Å²) in [7, 11) is 0. The fourth-order valence-corrected chi connectivity index (χ4v) is 10.0. The third-order valence-electron chi connectivity index (χ3n) is 13.2. The third kappa shape index (κ3) is 8.09. The van der Waals surface area contributed by atoms with E-state index in [1.165, 1.54) is 32.9 Å². The van der Waals surface area contributed by atoms with Gasteiger partial charge in [0.15, 0.2) is 0 Å². The third-order valence-corrected chi connectivity index (χ3v) is 13.2. The molecule has 0 bridgehead atoms. The maximum atomic E-state index is 6.90. The zero-order valence-electron chi connectivity index (χ0n) is 41.7. The number of hydrogen-bond acceptors (Lipinski definition) is 3. The van der Waals surface area contributed by atoms with Crippen LogP contribution < -0.4 is 4.74 Å². The van der Waals surface area contributed by atoms with Crippen LogP contribution in [0.3, 0.4) is 0 Å². The molecule has 0 spiro atoms. The van der Waals surface area contributed by atoms with E-state index in [9.17, 15) is 0 Å². The van der Waals surface area contributed by atoms with Gasteiger partial charge in [-0.2, -0.15) is 11.2 Å². The topological polar surface area (TPSA) is 49.8 Å². The second kappa shape index (κ2) is 16.8. The largest absolute Gasteiger partial charge is 2.00 e. The minimum atomic E-state index is -0.220. The molecule has 4 aromatic heterocycles. The van der Waals surface area contributed by atoms with Crippen LogP contribution in [0.4, 0.5) is 0 Å². The molecule has 0 atom stereocenters. The second-order valence-corrected chi connectivity index (χ2v) is 22.4. The van der Waals surface area contributed by atoms with Crippen molar-refractivity contribution in [1.82, 2.24) is 23.9 Å². The first kappa shape index (κ1) is 46.9. The van der Waals surface area contributed by atoms with Gasteiger partial charge in [-0.1, -0.05) is 174 Å². The van der Waals surface area contributed by atoms with Gasteiger partial charge in [0.05, 0.1) is 28.1 Å². The molecule has 0 unspecified atom stereocenters. The molecule has 10 rings (SSSR count). The van der Waals surface area contributed by atoms with Crippen LogP contribution in [-0.2, 0) is 42.7 Å². The summed E-state index contributed by atoms with van der Waals surface area (Å²) in [5.74, 6) is 1.99. The molecule has 68 heavy (non-hydrogen) atoms. The van der Waals surface area contributed by atoms with Crippen LogP contribution >= 0.6 is 0 Å². The normalized spacial score (nSPS) is 12.7. The van der Waals surface area contributed by atoms with E-state index in [0.29, 0.717) is 11.5 Å². The molecule has 0 N–H and O–H groups in total. The molecule has 6 nitrogen and oxygen atoms in total. The Kier molecular flexibility index (Phi) is 11.6. The molecule has 6 aromatic carbocycles. The average molecular weight is 1080 g/mol. The zero-order valence-corrected chi connectivity index (χ0v) is 43.9. The van der Waals surface area contributed by atoms with Gasteiger partial charge in [0, 0.05) is 51.0 Å². The first-order valence-electron chi connectivity index (χ1n) is 23.6. The molecule has 0 aliphatic carbocycles. The molecule has 0 saturated heterocycles. The first-order valence-corrected chi connectivity index (χ1v) is 23.6. The van der Waals surface area contributed by atoms with Crippen molar-refractivity contribution in [3.8, 4) is 39.8 Å². The van der Waals surface area contributed by atoms with E-state index in [2.05, 4.69) is 237 Å². The van der Waals surface area contributed by atoms with Crippen LogP contribution in [0.1, 0.15) is 111 Å². The zero-order chi connectivity index (χ0) is 47.4. The van der Waals surface area contributed by atoms with Crippen molar-refractivity contribution in [3.63, 3.8) is 0 Å². The molecular weight excluding hydrogens is 1010 g/mol. The van der Waals surface area contributed by atoms with Gasteiger partial charge in [0.2, 0.25) is 0 Å². The summed E-state index contributed by atoms with van der Waals surface area (Å²) in [4.78, 5) is 5.12. The number of ether oxygens (including phenoxy) is 1. The summed E-state index contributed by atoms with van der Waals surface area (Å²) in [5.41, 5.74) is 13.8. The number of aryl methyl sites for hydroxylation is 1. The van der Waals surface area contributed by atoms with Crippen molar-refractivity contribution >= 4 is 43.6 Å². The van der Waals surface area contributed by atoms with E-state index in [0.717, 1.165) is 67.1 Å². The second-order valence-electron chi connectivity index (χ2n) is 22.4. The maximum Gasteiger partial charge on any atom is 2.00 e. The molecule has 0 amide bonds. The quantitative estimate of drug-likeness (QED) is 0.156. The predicted octanol–water partition coefficient (Wildman–Crippen LogP) is 16.0. The van der Waals surface area contributed by atoms with E-state index >= 15 is 0 Å². The van der Waals surface area contributed by atoms with E-state index in [-0.39, 0.29) is 42.7 Å². The first-order chi connectivity index (χ1) is 31.7. The summed E-state index contributed by atoms with van der Waals surface area (Å²) < 4.78 is 13.7. The Morgan fingerprint density at radius 3 is 1.76 bits per heavy atom. The molecule has 0 fully saturated rings. The average Bonchev–Trinajstić information content (AvgIpc) is 3.93. The summed E-state index contributed by atoms with van der Waals surface area (Å²) in [6, 6.07) is 53.0. The number of fused-ring (bicyclic) bond motifs is 6. The summed E-state index contributed by atoms with van der Waals surface area (Å²) in [6.45, 7) is 29.4. The van der Waals surface area contributed by atoms with Gasteiger partial charge in [0.1, 0.15) is 5.82 Å². The Morgan fingerprint density at radius 2 is 1.15 bits per heavy atom. The van der Waals surface area contributed by atoms with E-state index in [1.54, 1.807) is 0 Å². The Balaban J connectivity index is 0.00000578. The Labute approximate surface area is 416 Å². The minimum Gasteiger partial charge on any atom is -0.509 e. The smallest absolute Gasteiger partial charge is 0.509 e. The van der Waals surface area contributed by atoms with Crippen molar-refractivity contribution in [2.75, 3.05) is 0 Å². The van der Waals surface area contributed by atoms with Gasteiger partial charge in [-0.15, -0.1) is 41.3 Å². The Morgan fingerprint density at radius 1 is 0.529 bits per heavy atom. The number of rotatable bonds is 6. The molecule has 0 aliphatic heterocycles. The number of aromatic nitrogens is 5. The van der Waals surface area contributed by atoms with E-state index in [4.69, 9.17) is 14.8 Å². The molecular formula is C61H61N5OPt. The van der Waals surface area contributed by atoms with Gasteiger partial charge in [0.25, 0.3) is 0 Å². The van der Waals surface area contributed by atoms with Crippen LogP contribution in [0, 0.1) is 19.1 Å². The van der Waals surface area contributed by atoms with Crippen LogP contribution in [0.2, 0.25) is 0 Å². The van der Waals surface area contributed by atoms with E-state index < -0.39 is 0 Å². The molecule has 0 radical (unpaired) electrons. The SMILES string of the molecule is Cc1nn(-c2[c-]c(Oc3[c-]c4c(cc3)c3ccccc3n4-c3cc(-n4c5c(C(C)(C)C)cccc5c5cccc(C(C)(C)C)c54)ccn3)cc(C(C)(C)C)c2)c(C(C)(C)C)c1-c1ccccc1.[Pt+2]. The van der Waals surface area contributed by atoms with Gasteiger partial charge in [-0.05, 0) is 63.1 Å². The van der Waals surface area contributed by atoms with Crippen molar-refractivity contribution in [2.24, 2.45) is 0 Å². The van der Waals surface area contributed by atoms with Crippen LogP contribution in [0.5, 0.6) is 11.5 Å². The van der Waals surface area contributed by atoms with Crippen molar-refractivity contribution in [2.45, 2.75) is 112 Å². The molecule has 346 valence electrons. The summed E-state index contributed by atoms with van der Waals surface area (Å²) in [5, 5.41) is 9.90. The minimum absolute atomic E-state index is 0. The van der Waals surface area contributed by atoms with E-state index in [1.807, 2.05) is 12.3 Å². The Hall–Kier alpha value is -6.23. The number of benzene rings is 6. The summed E-state index contributed by atoms with van der Waals surface area (Å²) >= 11 is 0. The Bertz CT molecular complexity index is 3470. The monoisotopic (exact) mass is 1070 g/mol. The fraction of sp³-hybridized carbons (Fsp3) is 0.279. The molecule has 7 heteroatoms. The van der Waals surface area contributed by atoms with Gasteiger partial charge >= 0.3 is 21.1 Å². The van der Waals surface area contributed by atoms with Crippen LogP contribution in [-0.4, -0.2) is 23.9 Å². The van der Waals surface area contributed by atoms with Crippen LogP contribution in [0.15, 0.2) is 134 Å². The van der Waals surface area contributed by atoms with Gasteiger partial charge in [-0.3, -0.25) is 4.68 Å². The van der Waals surface area contributed by atoms with Crippen LogP contribution in [0.25, 0.3) is 71.9 Å². The number of hydrogen-bond donors (Lipinski definition) is 0. The summed E-state index contributed by atoms with van der Waals surface area (Å²) in [6.07, 6.45) is 1.95. The van der Waals surface area contributed by atoms with Gasteiger partial charge < -0.3 is 13.9 Å². The van der Waals surface area contributed by atoms with Gasteiger partial charge in [-0.25, -0.2) is 4.98 Å². The molecule has 4 heterocycles. The standard InChI is InChI=1S/C61H61N5O.Pt/c1-38-54(39-21-15-14-16-22-39)57(61(11,12)13)66(63-38)42-33-40(58(2,3)4)34-44(35-42)67-43-29-30-46-45-23-17-18-28-51(45)65(52(46)37-43)53-36-41(31-32-62-53)64-55-47(24-19-26-49(55)59(5,6)7)48-25-20-27-50(56(48)64)60(8,9)10;/h14-34,36H,1-13H3;/q-2;+2. The molecule has 0 aliphatic rings.